The highest BCUT2D eigenvalue weighted by atomic mass is 32.2. The predicted molar refractivity (Wildman–Crippen MR) is 143 cm³/mol. The van der Waals surface area contributed by atoms with Gasteiger partial charge in [0.05, 0.1) is 41.8 Å². The molecule has 8 nitrogen and oxygen atoms in total. The monoisotopic (exact) mass is 502 g/mol. The highest BCUT2D eigenvalue weighted by Crippen LogP contribution is 2.23. The lowest BCUT2D eigenvalue weighted by atomic mass is 10.1. The Balaban J connectivity index is 1.57. The van der Waals surface area contributed by atoms with Crippen molar-refractivity contribution in [2.75, 3.05) is 19.5 Å². The summed E-state index contributed by atoms with van der Waals surface area (Å²) in [6, 6.07) is 21.8. The van der Waals surface area contributed by atoms with Crippen molar-refractivity contribution in [1.82, 2.24) is 15.0 Å². The number of amides is 1. The molecule has 0 bridgehead atoms. The fourth-order valence-corrected chi connectivity index (χ4v) is 4.32. The van der Waals surface area contributed by atoms with E-state index in [-0.39, 0.29) is 17.2 Å². The summed E-state index contributed by atoms with van der Waals surface area (Å²) in [6.45, 7) is 4.26. The van der Waals surface area contributed by atoms with Gasteiger partial charge in [-0.2, -0.15) is 5.10 Å². The molecule has 4 aromatic rings. The number of nitrogens with one attached hydrogen (secondary N) is 1. The van der Waals surface area contributed by atoms with Gasteiger partial charge in [-0.05, 0) is 62.4 Å². The Kier molecular flexibility index (Phi) is 8.02. The van der Waals surface area contributed by atoms with Crippen molar-refractivity contribution in [3.8, 4) is 17.2 Å². The Labute approximate surface area is 213 Å². The van der Waals surface area contributed by atoms with Gasteiger partial charge in [0.15, 0.2) is 5.16 Å². The van der Waals surface area contributed by atoms with Crippen LogP contribution in [0.25, 0.3) is 16.6 Å². The first-order valence-electron chi connectivity index (χ1n) is 11.4. The number of para-hydroxylation sites is 1. The average molecular weight is 503 g/mol. The first-order chi connectivity index (χ1) is 17.5. The molecule has 1 heterocycles. The Morgan fingerprint density at radius 2 is 1.83 bits per heavy atom. The SMILES string of the molecule is CCOc1ccc(-n2c(SCC(=O)NN=C(C)c3cccc(OC)c3)nc3ccccc3c2=O)cc1. The molecule has 0 unspecified atom stereocenters. The van der Waals surface area contributed by atoms with Crippen LogP contribution in [0.1, 0.15) is 19.4 Å². The zero-order chi connectivity index (χ0) is 25.5. The summed E-state index contributed by atoms with van der Waals surface area (Å²) in [5.74, 6) is 1.12. The molecule has 0 aliphatic rings. The molecular formula is C27H26N4O4S. The fraction of sp³-hybridized carbons (Fsp3) is 0.185. The zero-order valence-corrected chi connectivity index (χ0v) is 21.0. The summed E-state index contributed by atoms with van der Waals surface area (Å²) in [7, 11) is 1.60. The Morgan fingerprint density at radius 3 is 2.58 bits per heavy atom. The summed E-state index contributed by atoms with van der Waals surface area (Å²) in [4.78, 5) is 30.6. The van der Waals surface area contributed by atoms with Crippen molar-refractivity contribution in [3.05, 3.63) is 88.7 Å². The van der Waals surface area contributed by atoms with E-state index in [0.29, 0.717) is 45.6 Å². The molecule has 0 saturated carbocycles. The molecule has 1 aromatic heterocycles. The molecule has 9 heteroatoms. The van der Waals surface area contributed by atoms with Gasteiger partial charge >= 0.3 is 0 Å². The average Bonchev–Trinajstić information content (AvgIpc) is 2.91. The molecule has 1 N–H and O–H groups in total. The maximum atomic E-state index is 13.4. The maximum Gasteiger partial charge on any atom is 0.266 e. The lowest BCUT2D eigenvalue weighted by Gasteiger charge is -2.13. The van der Waals surface area contributed by atoms with Crippen molar-refractivity contribution >= 4 is 34.3 Å². The van der Waals surface area contributed by atoms with Crippen LogP contribution in [-0.4, -0.2) is 40.6 Å². The first-order valence-corrected chi connectivity index (χ1v) is 12.3. The normalized spacial score (nSPS) is 11.4. The van der Waals surface area contributed by atoms with E-state index >= 15 is 0 Å². The van der Waals surface area contributed by atoms with Crippen LogP contribution in [0.2, 0.25) is 0 Å². The molecule has 0 atom stereocenters. The van der Waals surface area contributed by atoms with E-state index in [1.807, 2.05) is 37.3 Å². The van der Waals surface area contributed by atoms with Gasteiger partial charge in [0, 0.05) is 5.56 Å². The molecule has 0 saturated heterocycles. The number of hydrazone groups is 1. The number of benzene rings is 3. The Hall–Kier alpha value is -4.11. The van der Waals surface area contributed by atoms with E-state index in [0.717, 1.165) is 5.56 Å². The maximum absolute atomic E-state index is 13.4. The van der Waals surface area contributed by atoms with E-state index in [2.05, 4.69) is 15.5 Å². The largest absolute Gasteiger partial charge is 0.497 e. The number of nitrogens with zero attached hydrogens (tertiary/aromatic N) is 3. The number of carbonyl (C=O) groups is 1. The number of ether oxygens (including phenoxy) is 2. The first kappa shape index (κ1) is 25.0. The summed E-state index contributed by atoms with van der Waals surface area (Å²) >= 11 is 1.17. The van der Waals surface area contributed by atoms with E-state index in [4.69, 9.17) is 9.47 Å². The van der Waals surface area contributed by atoms with Gasteiger partial charge in [-0.1, -0.05) is 36.0 Å². The van der Waals surface area contributed by atoms with Gasteiger partial charge < -0.3 is 9.47 Å². The van der Waals surface area contributed by atoms with Crippen molar-refractivity contribution in [2.24, 2.45) is 5.10 Å². The molecule has 3 aromatic carbocycles. The standard InChI is InChI=1S/C27H26N4O4S/c1-4-35-21-14-12-20(13-15-21)31-26(33)23-10-5-6-11-24(23)28-27(31)36-17-25(32)30-29-18(2)19-8-7-9-22(16-19)34-3/h5-16H,4,17H2,1-3H3,(H,30,32). The second-order valence-corrected chi connectivity index (χ2v) is 8.67. The van der Waals surface area contributed by atoms with Gasteiger partial charge in [0.25, 0.3) is 11.5 Å². The van der Waals surface area contributed by atoms with Crippen molar-refractivity contribution in [3.63, 3.8) is 0 Å². The van der Waals surface area contributed by atoms with Gasteiger partial charge in [0.1, 0.15) is 11.5 Å². The number of carbonyl (C=O) groups excluding carboxylic acids is 1. The lowest BCUT2D eigenvalue weighted by molar-refractivity contribution is -0.118. The minimum absolute atomic E-state index is 0.0245. The second kappa shape index (κ2) is 11.5. The van der Waals surface area contributed by atoms with Gasteiger partial charge in [-0.3, -0.25) is 14.2 Å². The Bertz CT molecular complexity index is 1470. The van der Waals surface area contributed by atoms with Gasteiger partial charge in [0.2, 0.25) is 0 Å². The third-order valence-corrected chi connectivity index (χ3v) is 6.26. The number of methoxy groups -OCH3 is 1. The number of thioether (sulfide) groups is 1. The van der Waals surface area contributed by atoms with E-state index < -0.39 is 0 Å². The highest BCUT2D eigenvalue weighted by molar-refractivity contribution is 7.99. The van der Waals surface area contributed by atoms with Crippen LogP contribution in [0.15, 0.2) is 87.8 Å². The molecular weight excluding hydrogens is 476 g/mol. The van der Waals surface area contributed by atoms with Crippen molar-refractivity contribution < 1.29 is 14.3 Å². The second-order valence-electron chi connectivity index (χ2n) is 7.73. The molecule has 36 heavy (non-hydrogen) atoms. The molecule has 4 rings (SSSR count). The zero-order valence-electron chi connectivity index (χ0n) is 20.2. The van der Waals surface area contributed by atoms with Crippen LogP contribution in [0, 0.1) is 0 Å². The van der Waals surface area contributed by atoms with Crippen LogP contribution in [0.5, 0.6) is 11.5 Å². The predicted octanol–water partition coefficient (Wildman–Crippen LogP) is 4.43. The van der Waals surface area contributed by atoms with Crippen molar-refractivity contribution in [2.45, 2.75) is 19.0 Å². The summed E-state index contributed by atoms with van der Waals surface area (Å²) < 4.78 is 12.3. The van der Waals surface area contributed by atoms with Gasteiger partial charge in [-0.15, -0.1) is 0 Å². The number of aromatic nitrogens is 2. The Morgan fingerprint density at radius 1 is 1.06 bits per heavy atom. The summed E-state index contributed by atoms with van der Waals surface area (Å²) in [5.41, 5.74) is 5.05. The topological polar surface area (TPSA) is 94.8 Å². The van der Waals surface area contributed by atoms with Crippen LogP contribution in [-0.2, 0) is 4.79 Å². The number of hydrogen-bond donors (Lipinski definition) is 1. The molecule has 0 spiro atoms. The molecule has 0 fully saturated rings. The number of rotatable bonds is 9. The summed E-state index contributed by atoms with van der Waals surface area (Å²) in [5, 5.41) is 5.11. The third-order valence-electron chi connectivity index (χ3n) is 5.32. The van der Waals surface area contributed by atoms with Crippen LogP contribution >= 0.6 is 11.8 Å². The van der Waals surface area contributed by atoms with E-state index in [1.165, 1.54) is 16.3 Å². The fourth-order valence-electron chi connectivity index (χ4n) is 3.52. The number of fused-ring (bicyclic) bond motifs is 1. The minimum Gasteiger partial charge on any atom is -0.497 e. The molecule has 0 aliphatic heterocycles. The van der Waals surface area contributed by atoms with Crippen LogP contribution < -0.4 is 20.5 Å². The van der Waals surface area contributed by atoms with Crippen LogP contribution in [0.3, 0.4) is 0 Å². The van der Waals surface area contributed by atoms with Crippen molar-refractivity contribution in [1.29, 1.82) is 0 Å². The lowest BCUT2D eigenvalue weighted by Crippen LogP contribution is -2.24. The summed E-state index contributed by atoms with van der Waals surface area (Å²) in [6.07, 6.45) is 0. The van der Waals surface area contributed by atoms with Crippen LogP contribution in [0.4, 0.5) is 0 Å². The third kappa shape index (κ3) is 5.75. The van der Waals surface area contributed by atoms with Gasteiger partial charge in [-0.25, -0.2) is 10.4 Å². The molecule has 0 aliphatic carbocycles. The molecule has 1 amide bonds. The van der Waals surface area contributed by atoms with E-state index in [9.17, 15) is 9.59 Å². The molecule has 0 radical (unpaired) electrons. The molecule has 184 valence electrons. The highest BCUT2D eigenvalue weighted by Gasteiger charge is 2.15. The minimum atomic E-state index is -0.317. The number of hydrogen-bond acceptors (Lipinski definition) is 7. The smallest absolute Gasteiger partial charge is 0.266 e. The van der Waals surface area contributed by atoms with E-state index in [1.54, 1.807) is 56.5 Å². The quantitative estimate of drug-likeness (QED) is 0.158.